The SMILES string of the molecule is CNC(=O)c1ccccc1Sc1ccc2c(C=Cc3ccccn3)nn(C(=O)N3CCC(CCn4ccc5cc(-n6c(-c7cc(C(C)C)c(O)cc7O)n[nH]c6=O)ccc54)CC3)c2c1. The Balaban J connectivity index is 0.899. The van der Waals surface area contributed by atoms with Crippen LogP contribution >= 0.6 is 11.8 Å². The molecule has 0 radical (unpaired) electrons. The third-order valence-corrected chi connectivity index (χ3v) is 13.0. The number of piperidine rings is 1. The fourth-order valence-corrected chi connectivity index (χ4v) is 9.42. The number of aryl methyl sites for hydroxylation is 1. The Bertz CT molecular complexity index is 3120. The van der Waals surface area contributed by atoms with Crippen LogP contribution in [0.1, 0.15) is 66.3 Å². The number of nitrogens with one attached hydrogen (secondary N) is 2. The molecule has 1 fully saturated rings. The summed E-state index contributed by atoms with van der Waals surface area (Å²) in [5.74, 6) is 0.289. The summed E-state index contributed by atoms with van der Waals surface area (Å²) in [6.07, 6.45) is 10.2. The zero-order chi connectivity index (χ0) is 44.5. The molecule has 15 heteroatoms. The van der Waals surface area contributed by atoms with Crippen LogP contribution in [0.3, 0.4) is 0 Å². The number of phenols is 2. The lowest BCUT2D eigenvalue weighted by molar-refractivity contribution is 0.0960. The summed E-state index contributed by atoms with van der Waals surface area (Å²) in [4.78, 5) is 48.0. The van der Waals surface area contributed by atoms with E-state index in [-0.39, 0.29) is 35.2 Å². The highest BCUT2D eigenvalue weighted by Crippen LogP contribution is 2.38. The predicted molar refractivity (Wildman–Crippen MR) is 249 cm³/mol. The maximum Gasteiger partial charge on any atom is 0.348 e. The van der Waals surface area contributed by atoms with Gasteiger partial charge in [0.2, 0.25) is 0 Å². The van der Waals surface area contributed by atoms with Crippen LogP contribution in [-0.4, -0.2) is 81.3 Å². The summed E-state index contributed by atoms with van der Waals surface area (Å²) < 4.78 is 5.16. The first-order valence-corrected chi connectivity index (χ1v) is 22.1. The lowest BCUT2D eigenvalue weighted by atomic mass is 9.93. The highest BCUT2D eigenvalue weighted by molar-refractivity contribution is 7.99. The van der Waals surface area contributed by atoms with Gasteiger partial charge in [-0.1, -0.05) is 43.8 Å². The van der Waals surface area contributed by atoms with Crippen LogP contribution in [0, 0.1) is 5.92 Å². The van der Waals surface area contributed by atoms with E-state index in [1.54, 1.807) is 25.4 Å². The molecule has 4 aromatic carbocycles. The number of hydrogen-bond acceptors (Lipinski definition) is 9. The van der Waals surface area contributed by atoms with Gasteiger partial charge in [-0.05, 0) is 122 Å². The van der Waals surface area contributed by atoms with Crippen LogP contribution in [0.5, 0.6) is 11.5 Å². The number of likely N-dealkylation sites (tertiary alicyclic amines) is 1. The summed E-state index contributed by atoms with van der Waals surface area (Å²) in [6.45, 7) is 5.87. The van der Waals surface area contributed by atoms with Gasteiger partial charge in [-0.25, -0.2) is 19.3 Å². The van der Waals surface area contributed by atoms with Crippen molar-refractivity contribution < 1.29 is 19.8 Å². The molecule has 8 aromatic rings. The van der Waals surface area contributed by atoms with Crippen molar-refractivity contribution in [2.75, 3.05) is 20.1 Å². The summed E-state index contributed by atoms with van der Waals surface area (Å²) >= 11 is 1.47. The summed E-state index contributed by atoms with van der Waals surface area (Å²) in [5.41, 5.74) is 4.85. The number of pyridine rings is 1. The normalized spacial score (nSPS) is 13.5. The molecular weight excluding hydrogens is 827 g/mol. The first kappa shape index (κ1) is 41.9. The van der Waals surface area contributed by atoms with Gasteiger partial charge in [0.1, 0.15) is 11.5 Å². The average molecular weight is 874 g/mol. The fraction of sp³-hybridized carbons (Fsp3) is 0.224. The van der Waals surface area contributed by atoms with Gasteiger partial charge in [0.15, 0.2) is 5.82 Å². The molecule has 1 saturated heterocycles. The minimum atomic E-state index is -0.444. The van der Waals surface area contributed by atoms with Gasteiger partial charge in [0.05, 0.1) is 33.7 Å². The van der Waals surface area contributed by atoms with E-state index >= 15 is 0 Å². The predicted octanol–water partition coefficient (Wildman–Crippen LogP) is 8.91. The van der Waals surface area contributed by atoms with Crippen molar-refractivity contribution in [2.45, 2.75) is 55.4 Å². The second-order valence-corrected chi connectivity index (χ2v) is 17.4. The molecule has 2 amide bonds. The largest absolute Gasteiger partial charge is 0.508 e. The van der Waals surface area contributed by atoms with E-state index in [2.05, 4.69) is 31.3 Å². The molecule has 9 rings (SSSR count). The van der Waals surface area contributed by atoms with E-state index in [0.29, 0.717) is 52.6 Å². The van der Waals surface area contributed by atoms with Crippen LogP contribution in [0.25, 0.3) is 51.0 Å². The van der Waals surface area contributed by atoms with Crippen molar-refractivity contribution >= 4 is 57.7 Å². The number of fused-ring (bicyclic) bond motifs is 2. The van der Waals surface area contributed by atoms with Gasteiger partial charge in [-0.2, -0.15) is 14.9 Å². The topological polar surface area (TPSA) is 176 Å². The monoisotopic (exact) mass is 873 g/mol. The smallest absolute Gasteiger partial charge is 0.348 e. The van der Waals surface area contributed by atoms with Crippen molar-refractivity contribution in [2.24, 2.45) is 5.92 Å². The molecule has 4 aromatic heterocycles. The van der Waals surface area contributed by atoms with Crippen LogP contribution in [-0.2, 0) is 6.54 Å². The number of aromatic hydroxyl groups is 2. The molecule has 4 N–H and O–H groups in total. The number of aromatic nitrogens is 7. The van der Waals surface area contributed by atoms with E-state index < -0.39 is 5.69 Å². The van der Waals surface area contributed by atoms with Gasteiger partial charge in [-0.3, -0.25) is 9.78 Å². The maximum atomic E-state index is 14.3. The number of H-pyrrole nitrogens is 1. The Morgan fingerprint density at radius 3 is 2.52 bits per heavy atom. The Kier molecular flexibility index (Phi) is 11.6. The molecule has 0 spiro atoms. The second kappa shape index (κ2) is 17.8. The van der Waals surface area contributed by atoms with Crippen LogP contribution in [0.15, 0.2) is 124 Å². The van der Waals surface area contributed by atoms with Crippen LogP contribution in [0.4, 0.5) is 4.79 Å². The molecule has 14 nitrogen and oxygen atoms in total. The van der Waals surface area contributed by atoms with E-state index in [9.17, 15) is 24.6 Å². The van der Waals surface area contributed by atoms with E-state index in [4.69, 9.17) is 5.10 Å². The third-order valence-electron chi connectivity index (χ3n) is 11.9. The molecule has 0 bridgehead atoms. The van der Waals surface area contributed by atoms with Crippen molar-refractivity contribution in [3.8, 4) is 28.6 Å². The van der Waals surface area contributed by atoms with Crippen molar-refractivity contribution in [3.05, 3.63) is 142 Å². The zero-order valence-corrected chi connectivity index (χ0v) is 36.4. The molecule has 0 aliphatic carbocycles. The molecular formula is C49H47N9O5S. The molecule has 0 saturated carbocycles. The number of nitrogens with zero attached hydrogens (tertiary/aromatic N) is 7. The number of carbonyl (C=O) groups is 2. The zero-order valence-electron chi connectivity index (χ0n) is 35.6. The number of benzene rings is 4. The minimum Gasteiger partial charge on any atom is -0.508 e. The molecule has 324 valence electrons. The number of rotatable bonds is 11. The molecule has 0 unspecified atom stereocenters. The lowest BCUT2D eigenvalue weighted by Crippen LogP contribution is -2.41. The highest BCUT2D eigenvalue weighted by Gasteiger charge is 2.27. The summed E-state index contributed by atoms with van der Waals surface area (Å²) in [7, 11) is 1.62. The lowest BCUT2D eigenvalue weighted by Gasteiger charge is -2.32. The fourth-order valence-electron chi connectivity index (χ4n) is 8.44. The Labute approximate surface area is 372 Å². The number of carbonyl (C=O) groups excluding carboxylic acids is 2. The van der Waals surface area contributed by atoms with Gasteiger partial charge in [0.25, 0.3) is 5.91 Å². The molecule has 1 aliphatic rings. The van der Waals surface area contributed by atoms with Crippen LogP contribution in [0.2, 0.25) is 0 Å². The van der Waals surface area contributed by atoms with Gasteiger partial charge >= 0.3 is 11.7 Å². The molecule has 5 heterocycles. The number of phenolic OH excluding ortho intramolecular Hbond substituents is 2. The highest BCUT2D eigenvalue weighted by atomic mass is 32.2. The minimum absolute atomic E-state index is 0.0136. The molecule has 0 atom stereocenters. The van der Waals surface area contributed by atoms with Gasteiger partial charge in [-0.15, -0.1) is 0 Å². The second-order valence-electron chi connectivity index (χ2n) is 16.3. The summed E-state index contributed by atoms with van der Waals surface area (Å²) in [5, 5.41) is 37.3. The Morgan fingerprint density at radius 2 is 1.73 bits per heavy atom. The van der Waals surface area contributed by atoms with Crippen molar-refractivity contribution in [1.82, 2.24) is 44.3 Å². The van der Waals surface area contributed by atoms with E-state index in [0.717, 1.165) is 57.6 Å². The first-order valence-electron chi connectivity index (χ1n) is 21.3. The summed E-state index contributed by atoms with van der Waals surface area (Å²) in [6, 6.07) is 29.7. The third kappa shape index (κ3) is 8.29. The Morgan fingerprint density at radius 1 is 0.922 bits per heavy atom. The van der Waals surface area contributed by atoms with Crippen LogP contribution < -0.4 is 11.0 Å². The van der Waals surface area contributed by atoms with Crippen molar-refractivity contribution in [3.63, 3.8) is 0 Å². The number of aromatic amines is 1. The average Bonchev–Trinajstić information content (AvgIpc) is 4.01. The van der Waals surface area contributed by atoms with Gasteiger partial charge in [0, 0.05) is 71.2 Å². The molecule has 64 heavy (non-hydrogen) atoms. The maximum absolute atomic E-state index is 14.3. The van der Waals surface area contributed by atoms with E-state index in [1.165, 1.54) is 27.1 Å². The number of amides is 2. The Hall–Kier alpha value is -7.39. The van der Waals surface area contributed by atoms with Crippen molar-refractivity contribution in [1.29, 1.82) is 0 Å². The first-order chi connectivity index (χ1) is 31.1. The quantitative estimate of drug-likeness (QED) is 0.0989. The van der Waals surface area contributed by atoms with E-state index in [1.807, 2.05) is 110 Å². The van der Waals surface area contributed by atoms with Gasteiger partial charge < -0.3 is 25.0 Å². The number of hydrogen-bond donors (Lipinski definition) is 4. The standard InChI is InChI=1S/C49H47N9O5S/c1-30(2)38-28-39(44(60)29-43(38)59)46-52-53-48(62)57(46)34-12-16-41-32(26-34)20-25-55(41)22-17-31-18-23-56(24-19-31)49(63)58-42-27-35(64-45-10-5-4-9-37(45)47(61)50-3)13-14-36(42)40(54-58)15-11-33-8-6-7-21-51-33/h4-16,20-21,25-31,59-60H,17-19,22-24H2,1-3H3,(H,50,61)(H,53,62). The molecule has 1 aliphatic heterocycles.